The Balaban J connectivity index is 1.62. The van der Waals surface area contributed by atoms with Gasteiger partial charge in [-0.3, -0.25) is 9.89 Å². The van der Waals surface area contributed by atoms with E-state index in [4.69, 9.17) is 4.74 Å². The Morgan fingerprint density at radius 2 is 1.97 bits per heavy atom. The molecule has 5 aromatic rings. The first-order valence-electron chi connectivity index (χ1n) is 11.5. The van der Waals surface area contributed by atoms with Crippen molar-refractivity contribution in [2.45, 2.75) is 6.54 Å². The van der Waals surface area contributed by atoms with Gasteiger partial charge in [0.1, 0.15) is 11.6 Å². The average molecular weight is 485 g/mol. The number of aliphatic hydroxyl groups excluding tert-OH is 1. The predicted molar refractivity (Wildman–Crippen MR) is 136 cm³/mol. The van der Waals surface area contributed by atoms with Crippen LogP contribution in [-0.4, -0.2) is 50.9 Å². The van der Waals surface area contributed by atoms with Gasteiger partial charge in [0.25, 0.3) is 5.91 Å². The molecule has 0 fully saturated rings. The minimum Gasteiger partial charge on any atom is -0.497 e. The highest BCUT2D eigenvalue weighted by Crippen LogP contribution is 2.31. The Kier molecular flexibility index (Phi) is 6.51. The number of halogens is 1. The normalized spacial score (nSPS) is 11.1. The summed E-state index contributed by atoms with van der Waals surface area (Å²) < 4.78 is 21.1. The van der Waals surface area contributed by atoms with Gasteiger partial charge in [-0.05, 0) is 41.5 Å². The van der Waals surface area contributed by atoms with Crippen molar-refractivity contribution in [2.24, 2.45) is 0 Å². The molecule has 0 saturated heterocycles. The van der Waals surface area contributed by atoms with E-state index in [2.05, 4.69) is 10.2 Å². The number of benzene rings is 3. The highest BCUT2D eigenvalue weighted by Gasteiger charge is 2.22. The molecule has 0 saturated carbocycles. The summed E-state index contributed by atoms with van der Waals surface area (Å²) in [6, 6.07) is 19.6. The first-order chi connectivity index (χ1) is 17.6. The largest absolute Gasteiger partial charge is 0.497 e. The Labute approximate surface area is 207 Å². The van der Waals surface area contributed by atoms with Crippen molar-refractivity contribution in [3.05, 3.63) is 102 Å². The molecule has 0 aliphatic rings. The molecule has 2 N–H and O–H groups in total. The topological polar surface area (TPSA) is 83.4 Å². The van der Waals surface area contributed by atoms with Crippen LogP contribution in [0.25, 0.3) is 27.7 Å². The van der Waals surface area contributed by atoms with Crippen LogP contribution in [0.15, 0.2) is 85.3 Å². The van der Waals surface area contributed by atoms with Gasteiger partial charge in [0.2, 0.25) is 0 Å². The third kappa shape index (κ3) is 4.58. The number of carbonyl (C=O) groups excluding carboxylic acids is 1. The predicted octanol–water partition coefficient (Wildman–Crippen LogP) is 4.80. The second-order valence-electron chi connectivity index (χ2n) is 8.41. The molecule has 2 aromatic heterocycles. The van der Waals surface area contributed by atoms with E-state index in [1.54, 1.807) is 31.6 Å². The van der Waals surface area contributed by atoms with E-state index in [1.807, 2.05) is 53.2 Å². The van der Waals surface area contributed by atoms with Gasteiger partial charge in [-0.15, -0.1) is 0 Å². The first-order valence-corrected chi connectivity index (χ1v) is 11.5. The van der Waals surface area contributed by atoms with E-state index in [9.17, 15) is 14.3 Å². The van der Waals surface area contributed by atoms with Gasteiger partial charge in [0, 0.05) is 48.2 Å². The number of aromatic amines is 1. The lowest BCUT2D eigenvalue weighted by molar-refractivity contribution is 0.0709. The van der Waals surface area contributed by atoms with Gasteiger partial charge in [-0.25, -0.2) is 4.39 Å². The molecular weight excluding hydrogens is 459 g/mol. The first kappa shape index (κ1) is 23.3. The minimum absolute atomic E-state index is 0.119. The van der Waals surface area contributed by atoms with E-state index in [0.29, 0.717) is 16.9 Å². The Morgan fingerprint density at radius 3 is 2.72 bits per heavy atom. The summed E-state index contributed by atoms with van der Waals surface area (Å²) in [5.41, 5.74) is 4.68. The molecule has 36 heavy (non-hydrogen) atoms. The zero-order valence-electron chi connectivity index (χ0n) is 19.7. The second kappa shape index (κ2) is 10.1. The molecule has 0 spiro atoms. The van der Waals surface area contributed by atoms with Crippen molar-refractivity contribution in [3.8, 4) is 22.6 Å². The maximum atomic E-state index is 13.8. The number of methoxy groups -OCH3 is 1. The number of H-pyrrole nitrogens is 1. The number of aliphatic hydroxyl groups is 1. The number of amides is 1. The molecule has 182 valence electrons. The minimum atomic E-state index is -0.370. The molecule has 7 nitrogen and oxygen atoms in total. The number of hydrogen-bond donors (Lipinski definition) is 2. The second-order valence-corrected chi connectivity index (χ2v) is 8.41. The van der Waals surface area contributed by atoms with Crippen LogP contribution in [0.3, 0.4) is 0 Å². The highest BCUT2D eigenvalue weighted by molar-refractivity contribution is 6.08. The molecule has 0 unspecified atom stereocenters. The molecule has 3 aromatic carbocycles. The van der Waals surface area contributed by atoms with Crippen LogP contribution in [0.1, 0.15) is 15.9 Å². The molecule has 8 heteroatoms. The third-order valence-corrected chi connectivity index (χ3v) is 6.12. The Bertz CT molecular complexity index is 1510. The number of aromatic nitrogens is 3. The molecule has 0 aliphatic heterocycles. The summed E-state index contributed by atoms with van der Waals surface area (Å²) in [6.45, 7) is 0.0879. The number of rotatable bonds is 8. The summed E-state index contributed by atoms with van der Waals surface area (Å²) in [5, 5.41) is 17.3. The van der Waals surface area contributed by atoms with E-state index in [0.717, 1.165) is 27.7 Å². The Morgan fingerprint density at radius 1 is 1.11 bits per heavy atom. The Hall–Kier alpha value is -4.43. The number of fused-ring (bicyclic) bond motifs is 1. The number of nitrogens with zero attached hydrogens (tertiary/aromatic N) is 3. The summed E-state index contributed by atoms with van der Waals surface area (Å²) in [4.78, 5) is 15.3. The van der Waals surface area contributed by atoms with Crippen LogP contribution in [0, 0.1) is 5.82 Å². The van der Waals surface area contributed by atoms with E-state index in [1.165, 1.54) is 17.0 Å². The quantitative estimate of drug-likeness (QED) is 0.331. The van der Waals surface area contributed by atoms with Gasteiger partial charge in [-0.1, -0.05) is 30.3 Å². The fourth-order valence-electron chi connectivity index (χ4n) is 4.36. The van der Waals surface area contributed by atoms with Crippen LogP contribution >= 0.6 is 0 Å². The standard InChI is InChI=1S/C28H25FN4O3/c1-36-24-7-3-6-23(14-24)33-18-26(25-9-8-20(13-27(25)33)21-15-30-31-16-21)28(35)32(10-11-34)17-19-4-2-5-22(29)12-19/h2-9,12-16,18,34H,10-11,17H2,1H3,(H,30,31). The lowest BCUT2D eigenvalue weighted by Gasteiger charge is -2.21. The summed E-state index contributed by atoms with van der Waals surface area (Å²) in [7, 11) is 1.61. The molecule has 0 radical (unpaired) electrons. The zero-order chi connectivity index (χ0) is 25.1. The summed E-state index contributed by atoms with van der Waals surface area (Å²) in [5.74, 6) is 0.0718. The molecule has 0 bridgehead atoms. The van der Waals surface area contributed by atoms with Crippen LogP contribution < -0.4 is 4.74 Å². The van der Waals surface area contributed by atoms with Crippen LogP contribution in [0.4, 0.5) is 4.39 Å². The fourth-order valence-corrected chi connectivity index (χ4v) is 4.36. The molecule has 5 rings (SSSR count). The van der Waals surface area contributed by atoms with Crippen LogP contribution in [-0.2, 0) is 6.54 Å². The lowest BCUT2D eigenvalue weighted by atomic mass is 10.1. The number of hydrogen-bond acceptors (Lipinski definition) is 4. The van der Waals surface area contributed by atoms with E-state index in [-0.39, 0.29) is 31.4 Å². The van der Waals surface area contributed by atoms with Gasteiger partial charge < -0.3 is 19.3 Å². The lowest BCUT2D eigenvalue weighted by Crippen LogP contribution is -2.33. The molecule has 2 heterocycles. The van der Waals surface area contributed by atoms with Crippen molar-refractivity contribution < 1.29 is 19.0 Å². The average Bonchev–Trinajstić information content (AvgIpc) is 3.56. The number of carbonyl (C=O) groups is 1. The van der Waals surface area contributed by atoms with Crippen molar-refractivity contribution in [3.63, 3.8) is 0 Å². The van der Waals surface area contributed by atoms with Crippen LogP contribution in [0.2, 0.25) is 0 Å². The van der Waals surface area contributed by atoms with Crippen molar-refractivity contribution >= 4 is 16.8 Å². The fraction of sp³-hybridized carbons (Fsp3) is 0.143. The van der Waals surface area contributed by atoms with Gasteiger partial charge in [-0.2, -0.15) is 5.10 Å². The number of nitrogens with one attached hydrogen (secondary N) is 1. The van der Waals surface area contributed by atoms with E-state index < -0.39 is 0 Å². The maximum Gasteiger partial charge on any atom is 0.256 e. The van der Waals surface area contributed by atoms with Gasteiger partial charge in [0.05, 0.1) is 31.0 Å². The number of ether oxygens (including phenoxy) is 1. The van der Waals surface area contributed by atoms with Crippen molar-refractivity contribution in [2.75, 3.05) is 20.3 Å². The highest BCUT2D eigenvalue weighted by atomic mass is 19.1. The van der Waals surface area contributed by atoms with Gasteiger partial charge in [0.15, 0.2) is 0 Å². The van der Waals surface area contributed by atoms with Crippen LogP contribution in [0.5, 0.6) is 5.75 Å². The zero-order valence-corrected chi connectivity index (χ0v) is 19.7. The van der Waals surface area contributed by atoms with Crippen molar-refractivity contribution in [1.82, 2.24) is 19.7 Å². The monoisotopic (exact) mass is 484 g/mol. The van der Waals surface area contributed by atoms with Crippen molar-refractivity contribution in [1.29, 1.82) is 0 Å². The third-order valence-electron chi connectivity index (χ3n) is 6.12. The molecular formula is C28H25FN4O3. The summed E-state index contributed by atoms with van der Waals surface area (Å²) in [6.07, 6.45) is 5.36. The molecule has 1 amide bonds. The molecule has 0 atom stereocenters. The summed E-state index contributed by atoms with van der Waals surface area (Å²) >= 11 is 0. The molecule has 0 aliphatic carbocycles. The van der Waals surface area contributed by atoms with E-state index >= 15 is 0 Å². The SMILES string of the molecule is COc1cccc(-n2cc(C(=O)N(CCO)Cc3cccc(F)c3)c3ccc(-c4cn[nH]c4)cc32)c1. The maximum absolute atomic E-state index is 13.8. The van der Waals surface area contributed by atoms with Gasteiger partial charge >= 0.3 is 0 Å². The smallest absolute Gasteiger partial charge is 0.256 e.